The number of ether oxygens (including phenoxy) is 4. The summed E-state index contributed by atoms with van der Waals surface area (Å²) in [6.45, 7) is 0. The molecule has 200 valence electrons. The summed E-state index contributed by atoms with van der Waals surface area (Å²) >= 11 is 0. The summed E-state index contributed by atoms with van der Waals surface area (Å²) in [5.41, 5.74) is 1.56. The Balaban J connectivity index is 1.79. The molecule has 1 N–H and O–H groups in total. The highest BCUT2D eigenvalue weighted by atomic mass is 32.2. The molecule has 1 heterocycles. The van der Waals surface area contributed by atoms with Crippen molar-refractivity contribution in [1.82, 2.24) is 4.98 Å². The number of hydrogen-bond donors (Lipinski definition) is 1. The molecule has 2 aromatic carbocycles. The predicted octanol–water partition coefficient (Wildman–Crippen LogP) is 4.49. The third-order valence-electron chi connectivity index (χ3n) is 5.22. The SMILES string of the molecule is COc1cc(OC)c(/C=C/S(=O)(=O)Cc2cnc(OC)c(NC(=O)/C=C\c3ccc(F)cc3)c2)c(OC)c1. The Hall–Kier alpha value is -4.38. The van der Waals surface area contributed by atoms with E-state index < -0.39 is 21.5 Å². The van der Waals surface area contributed by atoms with E-state index in [1.54, 1.807) is 12.1 Å². The smallest absolute Gasteiger partial charge is 0.248 e. The van der Waals surface area contributed by atoms with E-state index in [0.717, 1.165) is 5.41 Å². The summed E-state index contributed by atoms with van der Waals surface area (Å²) in [7, 11) is 2.00. The second-order valence-corrected chi connectivity index (χ2v) is 9.72. The predicted molar refractivity (Wildman–Crippen MR) is 143 cm³/mol. The highest BCUT2D eigenvalue weighted by Gasteiger charge is 2.16. The molecule has 1 aromatic heterocycles. The topological polar surface area (TPSA) is 113 Å². The second-order valence-electron chi connectivity index (χ2n) is 7.83. The molecule has 1 amide bonds. The van der Waals surface area contributed by atoms with Gasteiger partial charge in [0.05, 0.1) is 39.8 Å². The lowest BCUT2D eigenvalue weighted by atomic mass is 10.1. The molecule has 0 aliphatic heterocycles. The minimum absolute atomic E-state index is 0.109. The molecule has 0 unspecified atom stereocenters. The van der Waals surface area contributed by atoms with Gasteiger partial charge in [-0.15, -0.1) is 0 Å². The highest BCUT2D eigenvalue weighted by molar-refractivity contribution is 7.93. The first-order valence-electron chi connectivity index (χ1n) is 11.2. The number of carbonyl (C=O) groups excluding carboxylic acids is 1. The maximum atomic E-state index is 13.1. The number of nitrogens with one attached hydrogen (secondary N) is 1. The fourth-order valence-electron chi connectivity index (χ4n) is 3.40. The number of sulfone groups is 1. The summed E-state index contributed by atoms with van der Waals surface area (Å²) in [4.78, 5) is 16.5. The van der Waals surface area contributed by atoms with Crippen molar-refractivity contribution >= 4 is 33.6 Å². The Labute approximate surface area is 220 Å². The molecular formula is C27H27FN2O7S. The van der Waals surface area contributed by atoms with Gasteiger partial charge in [-0.1, -0.05) is 12.1 Å². The van der Waals surface area contributed by atoms with Gasteiger partial charge < -0.3 is 24.3 Å². The molecule has 0 atom stereocenters. The van der Waals surface area contributed by atoms with Gasteiger partial charge in [0.25, 0.3) is 0 Å². The Kier molecular flexibility index (Phi) is 9.44. The molecule has 11 heteroatoms. The highest BCUT2D eigenvalue weighted by Crippen LogP contribution is 2.35. The average molecular weight is 543 g/mol. The minimum Gasteiger partial charge on any atom is -0.496 e. The zero-order chi connectivity index (χ0) is 27.7. The standard InChI is InChI=1S/C27H27FN2O7S/c1-34-21-14-24(35-2)22(25(15-21)36-3)11-12-38(32,33)17-19-13-23(27(37-4)29-16-19)30-26(31)10-7-18-5-8-20(28)9-6-18/h5-16H,17H2,1-4H3,(H,30,31)/b10-7-,12-11+. The summed E-state index contributed by atoms with van der Waals surface area (Å²) in [5, 5.41) is 3.67. The number of rotatable bonds is 11. The van der Waals surface area contributed by atoms with E-state index in [0.29, 0.717) is 33.9 Å². The van der Waals surface area contributed by atoms with Gasteiger partial charge in [-0.25, -0.2) is 17.8 Å². The molecule has 0 spiro atoms. The van der Waals surface area contributed by atoms with Crippen molar-refractivity contribution in [2.24, 2.45) is 0 Å². The fourth-order valence-corrected chi connectivity index (χ4v) is 4.46. The Morgan fingerprint density at radius 3 is 2.18 bits per heavy atom. The molecular weight excluding hydrogens is 515 g/mol. The molecule has 9 nitrogen and oxygen atoms in total. The van der Waals surface area contributed by atoms with Crippen molar-refractivity contribution in [3.05, 3.63) is 82.7 Å². The first kappa shape index (κ1) is 28.2. The van der Waals surface area contributed by atoms with Gasteiger partial charge in [0.2, 0.25) is 11.8 Å². The first-order chi connectivity index (χ1) is 18.2. The number of carbonyl (C=O) groups is 1. The summed E-state index contributed by atoms with van der Waals surface area (Å²) in [6.07, 6.45) is 5.50. The number of methoxy groups -OCH3 is 4. The fraction of sp³-hybridized carbons (Fsp3) is 0.185. The van der Waals surface area contributed by atoms with E-state index in [-0.39, 0.29) is 17.4 Å². The molecule has 0 aliphatic rings. The number of nitrogens with zero attached hydrogens (tertiary/aromatic N) is 1. The zero-order valence-corrected chi connectivity index (χ0v) is 22.0. The van der Waals surface area contributed by atoms with Crippen LogP contribution < -0.4 is 24.3 Å². The van der Waals surface area contributed by atoms with Gasteiger partial charge in [-0.2, -0.15) is 0 Å². The third kappa shape index (κ3) is 7.56. The van der Waals surface area contributed by atoms with Crippen LogP contribution in [-0.2, 0) is 20.4 Å². The summed E-state index contributed by atoms with van der Waals surface area (Å²) in [6, 6.07) is 10.3. The molecule has 0 radical (unpaired) electrons. The van der Waals surface area contributed by atoms with E-state index in [4.69, 9.17) is 18.9 Å². The van der Waals surface area contributed by atoms with Crippen LogP contribution in [0.15, 0.2) is 60.1 Å². The summed E-state index contributed by atoms with van der Waals surface area (Å²) < 4.78 is 59.9. The van der Waals surface area contributed by atoms with Crippen LogP contribution >= 0.6 is 0 Å². The molecule has 38 heavy (non-hydrogen) atoms. The second kappa shape index (κ2) is 12.7. The lowest BCUT2D eigenvalue weighted by Crippen LogP contribution is -2.11. The number of halogens is 1. The van der Waals surface area contributed by atoms with Gasteiger partial charge in [-0.3, -0.25) is 4.79 Å². The van der Waals surface area contributed by atoms with Crippen LogP contribution in [-0.4, -0.2) is 47.7 Å². The van der Waals surface area contributed by atoms with Crippen LogP contribution in [0.5, 0.6) is 23.1 Å². The molecule has 0 bridgehead atoms. The largest absolute Gasteiger partial charge is 0.496 e. The van der Waals surface area contributed by atoms with Crippen LogP contribution in [0.4, 0.5) is 10.1 Å². The van der Waals surface area contributed by atoms with Crippen molar-refractivity contribution in [3.8, 4) is 23.1 Å². The monoisotopic (exact) mass is 542 g/mol. The van der Waals surface area contributed by atoms with Crippen molar-refractivity contribution in [2.75, 3.05) is 33.8 Å². The van der Waals surface area contributed by atoms with E-state index in [2.05, 4.69) is 10.3 Å². The molecule has 0 fully saturated rings. The molecule has 3 rings (SSSR count). The number of anilines is 1. The summed E-state index contributed by atoms with van der Waals surface area (Å²) in [5.74, 6) is 0.0625. The van der Waals surface area contributed by atoms with E-state index in [1.807, 2.05) is 0 Å². The van der Waals surface area contributed by atoms with Crippen LogP contribution in [0.25, 0.3) is 12.2 Å². The van der Waals surface area contributed by atoms with Crippen molar-refractivity contribution < 1.29 is 36.6 Å². The average Bonchev–Trinajstić information content (AvgIpc) is 2.91. The van der Waals surface area contributed by atoms with Crippen LogP contribution in [0.3, 0.4) is 0 Å². The van der Waals surface area contributed by atoms with Crippen LogP contribution in [0, 0.1) is 5.82 Å². The van der Waals surface area contributed by atoms with E-state index >= 15 is 0 Å². The van der Waals surface area contributed by atoms with Gasteiger partial charge in [0, 0.05) is 29.8 Å². The molecule has 0 saturated carbocycles. The number of hydrogen-bond acceptors (Lipinski definition) is 8. The lowest BCUT2D eigenvalue weighted by molar-refractivity contribution is -0.111. The molecule has 0 saturated heterocycles. The number of benzene rings is 2. The third-order valence-corrected chi connectivity index (χ3v) is 6.51. The van der Waals surface area contributed by atoms with Gasteiger partial charge in [-0.05, 0) is 41.5 Å². The quantitative estimate of drug-likeness (QED) is 0.353. The Morgan fingerprint density at radius 2 is 1.61 bits per heavy atom. The maximum Gasteiger partial charge on any atom is 0.248 e. The van der Waals surface area contributed by atoms with Gasteiger partial charge in [0.15, 0.2) is 9.84 Å². The zero-order valence-electron chi connectivity index (χ0n) is 21.2. The molecule has 0 aliphatic carbocycles. The Bertz CT molecular complexity index is 1430. The van der Waals surface area contributed by atoms with E-state index in [1.165, 1.54) is 83.2 Å². The number of amides is 1. The number of pyridine rings is 1. The van der Waals surface area contributed by atoms with Gasteiger partial charge >= 0.3 is 0 Å². The van der Waals surface area contributed by atoms with Crippen LogP contribution in [0.1, 0.15) is 16.7 Å². The Morgan fingerprint density at radius 1 is 0.947 bits per heavy atom. The van der Waals surface area contributed by atoms with Crippen molar-refractivity contribution in [3.63, 3.8) is 0 Å². The van der Waals surface area contributed by atoms with Crippen molar-refractivity contribution in [1.29, 1.82) is 0 Å². The number of aromatic nitrogens is 1. The lowest BCUT2D eigenvalue weighted by Gasteiger charge is -2.12. The van der Waals surface area contributed by atoms with E-state index in [9.17, 15) is 17.6 Å². The normalized spacial score (nSPS) is 11.5. The first-order valence-corrected chi connectivity index (χ1v) is 12.9. The van der Waals surface area contributed by atoms with Crippen molar-refractivity contribution in [2.45, 2.75) is 5.75 Å². The minimum atomic E-state index is -3.77. The molecule has 3 aromatic rings. The maximum absolute atomic E-state index is 13.1. The van der Waals surface area contributed by atoms with Gasteiger partial charge in [0.1, 0.15) is 28.8 Å². The van der Waals surface area contributed by atoms with Crippen LogP contribution in [0.2, 0.25) is 0 Å².